The van der Waals surface area contributed by atoms with Crippen molar-refractivity contribution < 1.29 is 22.7 Å². The average molecular weight is 353 g/mol. The standard InChI is InChI=1S/C17H18F3N3O2/c1-2-3-6-25-16(24)15-7-13(14(9-21-15)17(18,19)20)11-8-22-23(10-11)12-4-5-12/h7-10,12H,2-6H2,1H3. The molecule has 25 heavy (non-hydrogen) atoms. The lowest BCUT2D eigenvalue weighted by Crippen LogP contribution is -2.13. The van der Waals surface area contributed by atoms with Crippen molar-refractivity contribution in [2.75, 3.05) is 6.61 Å². The molecule has 5 nitrogen and oxygen atoms in total. The van der Waals surface area contributed by atoms with Crippen LogP contribution in [0, 0.1) is 0 Å². The van der Waals surface area contributed by atoms with E-state index >= 15 is 0 Å². The Morgan fingerprint density at radius 2 is 2.12 bits per heavy atom. The number of nitrogens with zero attached hydrogens (tertiary/aromatic N) is 3. The highest BCUT2D eigenvalue weighted by molar-refractivity contribution is 5.89. The second kappa shape index (κ2) is 6.85. The Kier molecular flexibility index (Phi) is 4.78. The average Bonchev–Trinajstić information content (AvgIpc) is 3.31. The number of hydrogen-bond acceptors (Lipinski definition) is 4. The topological polar surface area (TPSA) is 57.0 Å². The van der Waals surface area contributed by atoms with Crippen LogP contribution in [0.3, 0.4) is 0 Å². The zero-order valence-electron chi connectivity index (χ0n) is 13.7. The van der Waals surface area contributed by atoms with Crippen LogP contribution in [-0.2, 0) is 10.9 Å². The van der Waals surface area contributed by atoms with Gasteiger partial charge in [0.05, 0.1) is 24.4 Å². The third-order valence-electron chi connectivity index (χ3n) is 3.98. The molecule has 2 aromatic rings. The first kappa shape index (κ1) is 17.4. The number of carbonyl (C=O) groups excluding carboxylic acids is 1. The monoisotopic (exact) mass is 353 g/mol. The number of aromatic nitrogens is 3. The smallest absolute Gasteiger partial charge is 0.418 e. The van der Waals surface area contributed by atoms with Crippen LogP contribution >= 0.6 is 0 Å². The molecule has 0 unspecified atom stereocenters. The maximum absolute atomic E-state index is 13.3. The van der Waals surface area contributed by atoms with E-state index in [1.54, 1.807) is 10.9 Å². The van der Waals surface area contributed by atoms with Gasteiger partial charge in [-0.25, -0.2) is 9.78 Å². The molecule has 0 aliphatic heterocycles. The lowest BCUT2D eigenvalue weighted by molar-refractivity contribution is -0.137. The van der Waals surface area contributed by atoms with Gasteiger partial charge in [-0.15, -0.1) is 0 Å². The van der Waals surface area contributed by atoms with Crippen LogP contribution in [0.4, 0.5) is 13.2 Å². The molecule has 0 bridgehead atoms. The molecule has 0 aromatic carbocycles. The minimum atomic E-state index is -4.57. The van der Waals surface area contributed by atoms with Crippen molar-refractivity contribution in [3.05, 3.63) is 35.9 Å². The fourth-order valence-electron chi connectivity index (χ4n) is 2.43. The maximum Gasteiger partial charge on any atom is 0.418 e. The number of rotatable bonds is 6. The zero-order valence-corrected chi connectivity index (χ0v) is 13.7. The molecule has 3 rings (SSSR count). The van der Waals surface area contributed by atoms with Gasteiger partial charge in [0.15, 0.2) is 0 Å². The summed E-state index contributed by atoms with van der Waals surface area (Å²) in [7, 11) is 0. The molecule has 0 radical (unpaired) electrons. The van der Waals surface area contributed by atoms with Gasteiger partial charge < -0.3 is 4.74 Å². The summed E-state index contributed by atoms with van der Waals surface area (Å²) in [5.41, 5.74) is -0.840. The lowest BCUT2D eigenvalue weighted by atomic mass is 10.0. The van der Waals surface area contributed by atoms with E-state index in [-0.39, 0.29) is 23.9 Å². The Morgan fingerprint density at radius 1 is 1.36 bits per heavy atom. The molecule has 0 atom stereocenters. The van der Waals surface area contributed by atoms with Crippen LogP contribution in [0.5, 0.6) is 0 Å². The number of ether oxygens (including phenoxy) is 1. The molecule has 1 fully saturated rings. The first-order valence-electron chi connectivity index (χ1n) is 8.19. The van der Waals surface area contributed by atoms with Crippen molar-refractivity contribution in [1.29, 1.82) is 0 Å². The highest BCUT2D eigenvalue weighted by atomic mass is 19.4. The van der Waals surface area contributed by atoms with Gasteiger partial charge in [0.1, 0.15) is 5.69 Å². The van der Waals surface area contributed by atoms with E-state index in [9.17, 15) is 18.0 Å². The van der Waals surface area contributed by atoms with Crippen molar-refractivity contribution in [2.45, 2.75) is 44.8 Å². The molecule has 2 aromatic heterocycles. The Bertz CT molecular complexity index is 767. The van der Waals surface area contributed by atoms with E-state index in [4.69, 9.17) is 4.74 Å². The minimum absolute atomic E-state index is 0.114. The first-order valence-corrected chi connectivity index (χ1v) is 8.19. The van der Waals surface area contributed by atoms with Gasteiger partial charge in [-0.1, -0.05) is 13.3 Å². The van der Waals surface area contributed by atoms with Crippen molar-refractivity contribution >= 4 is 5.97 Å². The number of alkyl halides is 3. The number of halogens is 3. The van der Waals surface area contributed by atoms with E-state index in [1.807, 2.05) is 6.92 Å². The van der Waals surface area contributed by atoms with Gasteiger partial charge in [-0.3, -0.25) is 4.68 Å². The van der Waals surface area contributed by atoms with Crippen LogP contribution in [0.1, 0.15) is 54.7 Å². The van der Waals surface area contributed by atoms with Crippen molar-refractivity contribution in [3.63, 3.8) is 0 Å². The van der Waals surface area contributed by atoms with Crippen LogP contribution in [0.2, 0.25) is 0 Å². The number of carbonyl (C=O) groups is 1. The third-order valence-corrected chi connectivity index (χ3v) is 3.98. The van der Waals surface area contributed by atoms with Gasteiger partial charge in [0.25, 0.3) is 0 Å². The van der Waals surface area contributed by atoms with E-state index in [1.165, 1.54) is 6.20 Å². The fourth-order valence-corrected chi connectivity index (χ4v) is 2.43. The second-order valence-electron chi connectivity index (χ2n) is 6.04. The molecular formula is C17H18F3N3O2. The summed E-state index contributed by atoms with van der Waals surface area (Å²) in [5, 5.41) is 4.13. The van der Waals surface area contributed by atoms with Gasteiger partial charge >= 0.3 is 12.1 Å². The Balaban J connectivity index is 1.94. The quantitative estimate of drug-likeness (QED) is 0.575. The molecule has 2 heterocycles. The number of unbranched alkanes of at least 4 members (excludes halogenated alkanes) is 1. The predicted molar refractivity (Wildman–Crippen MR) is 83.9 cm³/mol. The van der Waals surface area contributed by atoms with E-state index in [0.717, 1.165) is 25.3 Å². The van der Waals surface area contributed by atoms with E-state index in [2.05, 4.69) is 10.1 Å². The van der Waals surface area contributed by atoms with E-state index in [0.29, 0.717) is 18.2 Å². The third kappa shape index (κ3) is 4.00. The SMILES string of the molecule is CCCCOC(=O)c1cc(-c2cnn(C3CC3)c2)c(C(F)(F)F)cn1. The van der Waals surface area contributed by atoms with Crippen LogP contribution in [0.15, 0.2) is 24.7 Å². The molecular weight excluding hydrogens is 335 g/mol. The van der Waals surface area contributed by atoms with Crippen molar-refractivity contribution in [2.24, 2.45) is 0 Å². The van der Waals surface area contributed by atoms with Gasteiger partial charge in [0.2, 0.25) is 0 Å². The summed E-state index contributed by atoms with van der Waals surface area (Å²) in [6.07, 6.45) is 2.54. The molecule has 1 saturated carbocycles. The molecule has 1 aliphatic carbocycles. The Hall–Kier alpha value is -2.38. The molecule has 0 spiro atoms. The molecule has 134 valence electrons. The molecule has 1 aliphatic rings. The Labute approximate surface area is 142 Å². The first-order chi connectivity index (χ1) is 11.9. The highest BCUT2D eigenvalue weighted by Crippen LogP contribution is 2.39. The summed E-state index contributed by atoms with van der Waals surface area (Å²) >= 11 is 0. The molecule has 0 amide bonds. The van der Waals surface area contributed by atoms with Crippen LogP contribution in [0.25, 0.3) is 11.1 Å². The normalized spacial score (nSPS) is 14.6. The summed E-state index contributed by atoms with van der Waals surface area (Å²) in [6.45, 7) is 2.16. The van der Waals surface area contributed by atoms with Crippen molar-refractivity contribution in [1.82, 2.24) is 14.8 Å². The van der Waals surface area contributed by atoms with Crippen LogP contribution < -0.4 is 0 Å². The van der Waals surface area contributed by atoms with Crippen LogP contribution in [-0.4, -0.2) is 27.3 Å². The number of hydrogen-bond donors (Lipinski definition) is 0. The maximum atomic E-state index is 13.3. The molecule has 0 saturated heterocycles. The summed E-state index contributed by atoms with van der Waals surface area (Å²) in [6, 6.07) is 1.38. The number of esters is 1. The summed E-state index contributed by atoms with van der Waals surface area (Å²) in [4.78, 5) is 15.6. The van der Waals surface area contributed by atoms with Crippen molar-refractivity contribution in [3.8, 4) is 11.1 Å². The zero-order chi connectivity index (χ0) is 18.0. The molecule has 8 heteroatoms. The predicted octanol–water partition coefficient (Wildman–Crippen LogP) is 4.26. The Morgan fingerprint density at radius 3 is 2.76 bits per heavy atom. The lowest BCUT2D eigenvalue weighted by Gasteiger charge is -2.12. The largest absolute Gasteiger partial charge is 0.461 e. The minimum Gasteiger partial charge on any atom is -0.461 e. The van der Waals surface area contributed by atoms with E-state index < -0.39 is 17.7 Å². The van der Waals surface area contributed by atoms with Gasteiger partial charge in [-0.2, -0.15) is 18.3 Å². The fraction of sp³-hybridized carbons (Fsp3) is 0.471. The summed E-state index contributed by atoms with van der Waals surface area (Å²) < 4.78 is 46.6. The summed E-state index contributed by atoms with van der Waals surface area (Å²) in [5.74, 6) is -0.724. The van der Waals surface area contributed by atoms with Gasteiger partial charge in [0, 0.05) is 23.5 Å². The second-order valence-corrected chi connectivity index (χ2v) is 6.04. The molecule has 0 N–H and O–H groups in total. The van der Waals surface area contributed by atoms with Gasteiger partial charge in [-0.05, 0) is 25.3 Å². The highest BCUT2D eigenvalue weighted by Gasteiger charge is 2.35. The number of pyridine rings is 1.